The van der Waals surface area contributed by atoms with Crippen LogP contribution < -0.4 is 5.56 Å². The van der Waals surface area contributed by atoms with E-state index >= 15 is 0 Å². The number of hydrogen-bond acceptors (Lipinski definition) is 6. The van der Waals surface area contributed by atoms with Crippen LogP contribution in [0.2, 0.25) is 0 Å². The Labute approximate surface area is 142 Å². The molecule has 0 aliphatic carbocycles. The summed E-state index contributed by atoms with van der Waals surface area (Å²) in [5, 5.41) is 0.600. The number of pyridine rings is 1. The Morgan fingerprint density at radius 1 is 1.29 bits per heavy atom. The largest absolute Gasteiger partial charge is 0.451 e. The second kappa shape index (κ2) is 6.16. The molecule has 3 heterocycles. The molecule has 0 amide bonds. The van der Waals surface area contributed by atoms with Crippen LogP contribution in [0, 0.1) is 20.8 Å². The molecule has 0 saturated carbocycles. The van der Waals surface area contributed by atoms with Gasteiger partial charge in [-0.1, -0.05) is 0 Å². The zero-order valence-electron chi connectivity index (χ0n) is 13.8. The Hall–Kier alpha value is -2.54. The predicted molar refractivity (Wildman–Crippen MR) is 92.5 cm³/mol. The zero-order valence-corrected chi connectivity index (χ0v) is 14.7. The summed E-state index contributed by atoms with van der Waals surface area (Å²) in [4.78, 5) is 37.4. The van der Waals surface area contributed by atoms with Gasteiger partial charge in [0.1, 0.15) is 4.83 Å². The second-order valence-corrected chi connectivity index (χ2v) is 6.85. The van der Waals surface area contributed by atoms with Crippen LogP contribution in [0.3, 0.4) is 0 Å². The molecule has 3 rings (SSSR count). The second-order valence-electron chi connectivity index (χ2n) is 5.65. The number of aromatic amines is 1. The Morgan fingerprint density at radius 2 is 2.04 bits per heavy atom. The van der Waals surface area contributed by atoms with Gasteiger partial charge in [-0.2, -0.15) is 0 Å². The van der Waals surface area contributed by atoms with E-state index in [2.05, 4.69) is 15.0 Å². The monoisotopic (exact) mass is 343 g/mol. The number of aromatic nitrogens is 3. The molecule has 0 bridgehead atoms. The van der Waals surface area contributed by atoms with E-state index in [4.69, 9.17) is 4.74 Å². The summed E-state index contributed by atoms with van der Waals surface area (Å²) in [7, 11) is 0. The number of rotatable bonds is 3. The number of carbonyl (C=O) groups is 1. The molecule has 0 saturated heterocycles. The number of aryl methyl sites for hydroxylation is 3. The molecule has 0 radical (unpaired) electrons. The number of thiophene rings is 1. The molecule has 0 unspecified atom stereocenters. The number of ether oxygens (including phenoxy) is 1. The lowest BCUT2D eigenvalue weighted by Crippen LogP contribution is -2.17. The molecule has 0 aromatic carbocycles. The highest BCUT2D eigenvalue weighted by Crippen LogP contribution is 2.27. The molecule has 3 aromatic rings. The lowest BCUT2D eigenvalue weighted by Gasteiger charge is -2.12. The molecule has 0 spiro atoms. The van der Waals surface area contributed by atoms with E-state index in [0.717, 1.165) is 16.1 Å². The van der Waals surface area contributed by atoms with Crippen molar-refractivity contribution in [3.63, 3.8) is 0 Å². The van der Waals surface area contributed by atoms with Gasteiger partial charge < -0.3 is 9.72 Å². The van der Waals surface area contributed by atoms with Crippen LogP contribution in [-0.2, 0) is 4.74 Å². The van der Waals surface area contributed by atoms with Gasteiger partial charge in [0.25, 0.3) is 5.56 Å². The molecular weight excluding hydrogens is 326 g/mol. The smallest absolute Gasteiger partial charge is 0.340 e. The number of fused-ring (bicyclic) bond motifs is 1. The molecule has 124 valence electrons. The molecule has 6 nitrogen and oxygen atoms in total. The van der Waals surface area contributed by atoms with Crippen LogP contribution in [0.4, 0.5) is 0 Å². The van der Waals surface area contributed by atoms with Gasteiger partial charge in [0.15, 0.2) is 11.9 Å². The molecule has 7 heteroatoms. The number of nitrogens with zero attached hydrogens (tertiary/aromatic N) is 2. The number of carbonyl (C=O) groups excluding carboxylic acids is 1. The van der Waals surface area contributed by atoms with Crippen LogP contribution in [0.1, 0.15) is 45.3 Å². The average Bonchev–Trinajstić information content (AvgIpc) is 2.82. The summed E-state index contributed by atoms with van der Waals surface area (Å²) >= 11 is 1.46. The van der Waals surface area contributed by atoms with Crippen molar-refractivity contribution in [2.75, 3.05) is 0 Å². The van der Waals surface area contributed by atoms with E-state index in [-0.39, 0.29) is 5.56 Å². The van der Waals surface area contributed by atoms with E-state index in [0.29, 0.717) is 21.6 Å². The summed E-state index contributed by atoms with van der Waals surface area (Å²) in [5.41, 5.74) is 1.90. The molecule has 24 heavy (non-hydrogen) atoms. The Morgan fingerprint density at radius 3 is 2.71 bits per heavy atom. The van der Waals surface area contributed by atoms with E-state index in [1.807, 2.05) is 20.8 Å². The lowest BCUT2D eigenvalue weighted by atomic mass is 10.2. The van der Waals surface area contributed by atoms with Crippen molar-refractivity contribution in [1.29, 1.82) is 0 Å². The third-order valence-electron chi connectivity index (χ3n) is 3.87. The predicted octanol–water partition coefficient (Wildman–Crippen LogP) is 3.22. The van der Waals surface area contributed by atoms with E-state index in [1.165, 1.54) is 17.5 Å². The fraction of sp³-hybridized carbons (Fsp3) is 0.294. The first-order valence-electron chi connectivity index (χ1n) is 7.50. The Kier molecular flexibility index (Phi) is 4.19. The molecule has 1 atom stereocenters. The minimum Gasteiger partial charge on any atom is -0.451 e. The minimum atomic E-state index is -0.668. The summed E-state index contributed by atoms with van der Waals surface area (Å²) < 4.78 is 5.40. The molecule has 0 fully saturated rings. The van der Waals surface area contributed by atoms with Crippen molar-refractivity contribution in [3.05, 3.63) is 56.2 Å². The SMILES string of the molecule is Cc1ccc(C(=O)O[C@@H](C)c2nc3sc(C)c(C)c3c(=O)[nH]2)cn1. The average molecular weight is 343 g/mol. The fourth-order valence-corrected chi connectivity index (χ4v) is 3.37. The van der Waals surface area contributed by atoms with Crippen LogP contribution in [-0.4, -0.2) is 20.9 Å². The maximum absolute atomic E-state index is 12.3. The zero-order chi connectivity index (χ0) is 17.4. The van der Waals surface area contributed by atoms with Gasteiger partial charge in [-0.05, 0) is 45.4 Å². The fourth-order valence-electron chi connectivity index (χ4n) is 2.34. The van der Waals surface area contributed by atoms with Crippen LogP contribution in [0.5, 0.6) is 0 Å². The summed E-state index contributed by atoms with van der Waals surface area (Å²) in [6.45, 7) is 7.37. The van der Waals surface area contributed by atoms with Crippen molar-refractivity contribution < 1.29 is 9.53 Å². The van der Waals surface area contributed by atoms with E-state index in [1.54, 1.807) is 19.1 Å². The van der Waals surface area contributed by atoms with Gasteiger partial charge >= 0.3 is 5.97 Å². The van der Waals surface area contributed by atoms with Crippen molar-refractivity contribution in [2.24, 2.45) is 0 Å². The van der Waals surface area contributed by atoms with Gasteiger partial charge in [0, 0.05) is 16.8 Å². The first-order valence-corrected chi connectivity index (χ1v) is 8.32. The topological polar surface area (TPSA) is 84.9 Å². The Bertz CT molecular complexity index is 973. The number of nitrogens with one attached hydrogen (secondary N) is 1. The van der Waals surface area contributed by atoms with Crippen LogP contribution >= 0.6 is 11.3 Å². The summed E-state index contributed by atoms with van der Waals surface area (Å²) in [6.07, 6.45) is 0.800. The highest BCUT2D eigenvalue weighted by atomic mass is 32.1. The van der Waals surface area contributed by atoms with Gasteiger partial charge in [-0.15, -0.1) is 11.3 Å². The number of hydrogen-bond donors (Lipinski definition) is 1. The van der Waals surface area contributed by atoms with Crippen molar-refractivity contribution in [2.45, 2.75) is 33.8 Å². The highest BCUT2D eigenvalue weighted by molar-refractivity contribution is 7.18. The third-order valence-corrected chi connectivity index (χ3v) is 4.97. The van der Waals surface area contributed by atoms with Crippen LogP contribution in [0.15, 0.2) is 23.1 Å². The highest BCUT2D eigenvalue weighted by Gasteiger charge is 2.19. The molecular formula is C17H17N3O3S. The summed E-state index contributed by atoms with van der Waals surface area (Å²) in [5.74, 6) is -0.168. The quantitative estimate of drug-likeness (QED) is 0.738. The normalized spacial score (nSPS) is 12.3. The summed E-state index contributed by atoms with van der Waals surface area (Å²) in [6, 6.07) is 3.40. The van der Waals surface area contributed by atoms with Crippen LogP contribution in [0.25, 0.3) is 10.2 Å². The molecule has 1 N–H and O–H groups in total. The van der Waals surface area contributed by atoms with Gasteiger partial charge in [-0.25, -0.2) is 9.78 Å². The maximum Gasteiger partial charge on any atom is 0.340 e. The van der Waals surface area contributed by atoms with E-state index in [9.17, 15) is 9.59 Å². The lowest BCUT2D eigenvalue weighted by molar-refractivity contribution is 0.0319. The van der Waals surface area contributed by atoms with Gasteiger partial charge in [0.2, 0.25) is 0 Å². The third kappa shape index (κ3) is 2.94. The first kappa shape index (κ1) is 16.3. The molecule has 0 aliphatic rings. The number of H-pyrrole nitrogens is 1. The van der Waals surface area contributed by atoms with Crippen molar-refractivity contribution >= 4 is 27.5 Å². The Balaban J connectivity index is 1.88. The minimum absolute atomic E-state index is 0.211. The molecule has 0 aliphatic heterocycles. The standard InChI is InChI=1S/C17H17N3O3S/c1-8-5-6-12(7-18-8)17(22)23-10(3)14-19-15(21)13-9(2)11(4)24-16(13)20-14/h5-7,10H,1-4H3,(H,19,20,21)/t10-/m0/s1. The van der Waals surface area contributed by atoms with Gasteiger partial charge in [-0.3, -0.25) is 9.78 Å². The van der Waals surface area contributed by atoms with Crippen molar-refractivity contribution in [1.82, 2.24) is 15.0 Å². The maximum atomic E-state index is 12.3. The van der Waals surface area contributed by atoms with Gasteiger partial charge in [0.05, 0.1) is 10.9 Å². The van der Waals surface area contributed by atoms with E-state index < -0.39 is 12.1 Å². The first-order chi connectivity index (χ1) is 11.4. The molecule has 3 aromatic heterocycles. The number of esters is 1. The van der Waals surface area contributed by atoms with Crippen molar-refractivity contribution in [3.8, 4) is 0 Å².